The molecule has 0 radical (unpaired) electrons. The van der Waals surface area contributed by atoms with E-state index in [2.05, 4.69) is 556 Å². The van der Waals surface area contributed by atoms with Crippen molar-refractivity contribution in [3.05, 3.63) is 590 Å². The summed E-state index contributed by atoms with van der Waals surface area (Å²) in [5.41, 5.74) is 39.8. The van der Waals surface area contributed by atoms with Gasteiger partial charge in [-0.15, -0.1) is 0 Å². The lowest BCUT2D eigenvalue weighted by Crippen LogP contribution is -2.26. The summed E-state index contributed by atoms with van der Waals surface area (Å²) < 4.78 is 0. The van der Waals surface area contributed by atoms with Crippen molar-refractivity contribution in [2.75, 3.05) is 9.80 Å². The van der Waals surface area contributed by atoms with Crippen molar-refractivity contribution >= 4 is 153 Å². The first-order chi connectivity index (χ1) is 74.3. The van der Waals surface area contributed by atoms with Crippen LogP contribution < -0.4 is 9.80 Å². The molecule has 0 atom stereocenters. The third-order valence-electron chi connectivity index (χ3n) is 34.0. The summed E-state index contributed by atoms with van der Waals surface area (Å²) in [6.07, 6.45) is 0. The molecule has 0 fully saturated rings. The van der Waals surface area contributed by atoms with Gasteiger partial charge >= 0.3 is 0 Å². The quantitative estimate of drug-likeness (QED) is 0.113. The highest BCUT2D eigenvalue weighted by molar-refractivity contribution is 6.28. The smallest absolute Gasteiger partial charge is 0.0726 e. The lowest BCUT2D eigenvalue weighted by Gasteiger charge is -2.33. The van der Waals surface area contributed by atoms with Crippen molar-refractivity contribution < 1.29 is 0 Å². The fraction of sp³-hybridized carbons (Fsp3) is 0.0135. The second-order valence-electron chi connectivity index (χ2n) is 41.4. The zero-order valence-corrected chi connectivity index (χ0v) is 81.9. The van der Waals surface area contributed by atoms with Crippen molar-refractivity contribution in [3.63, 3.8) is 0 Å². The number of hydrogen-bond acceptors (Lipinski definition) is 2. The molecule has 28 aromatic carbocycles. The predicted octanol–water partition coefficient (Wildman–Crippen LogP) is 40.0. The molecular formula is C148H90N2. The summed E-state index contributed by atoms with van der Waals surface area (Å²) in [6.45, 7) is 0. The largest absolute Gasteiger partial charge is 0.310 e. The van der Waals surface area contributed by atoms with Crippen molar-refractivity contribution in [2.24, 2.45) is 0 Å². The van der Waals surface area contributed by atoms with Crippen LogP contribution in [-0.4, -0.2) is 0 Å². The molecule has 4 aliphatic rings. The number of hydrogen-bond donors (Lipinski definition) is 0. The van der Waals surface area contributed by atoms with Gasteiger partial charge in [-0.1, -0.05) is 449 Å². The summed E-state index contributed by atoms with van der Waals surface area (Å²) >= 11 is 0. The van der Waals surface area contributed by atoms with Gasteiger partial charge in [-0.05, 0) is 360 Å². The van der Waals surface area contributed by atoms with Crippen LogP contribution in [0.15, 0.2) is 546 Å². The monoisotopic (exact) mass is 1890 g/mol. The Kier molecular flexibility index (Phi) is 18.2. The number of rotatable bonds is 12. The summed E-state index contributed by atoms with van der Waals surface area (Å²) in [5, 5.41) is 26.9. The van der Waals surface area contributed by atoms with Crippen molar-refractivity contribution in [1.82, 2.24) is 0 Å². The van der Waals surface area contributed by atoms with E-state index in [0.717, 1.165) is 67.5 Å². The molecule has 0 unspecified atom stereocenters. The fourth-order valence-electron chi connectivity index (χ4n) is 27.3. The number of benzene rings is 28. The van der Waals surface area contributed by atoms with Crippen molar-refractivity contribution in [3.8, 4) is 111 Å². The molecule has 0 amide bonds. The fourth-order valence-corrected chi connectivity index (χ4v) is 27.3. The van der Waals surface area contributed by atoms with Gasteiger partial charge in [0.2, 0.25) is 0 Å². The second kappa shape index (κ2) is 32.6. The molecule has 32 rings (SSSR count). The van der Waals surface area contributed by atoms with Crippen LogP contribution in [0.2, 0.25) is 0 Å². The molecule has 0 saturated carbocycles. The first-order valence-electron chi connectivity index (χ1n) is 52.4. The summed E-state index contributed by atoms with van der Waals surface area (Å²) in [5.74, 6) is 0. The highest BCUT2D eigenvalue weighted by Crippen LogP contribution is 2.68. The molecule has 692 valence electrons. The van der Waals surface area contributed by atoms with Gasteiger partial charge in [-0.25, -0.2) is 0 Å². The first-order valence-corrected chi connectivity index (χ1v) is 52.4. The van der Waals surface area contributed by atoms with E-state index in [1.54, 1.807) is 0 Å². The predicted molar refractivity (Wildman–Crippen MR) is 634 cm³/mol. The molecule has 28 aromatic rings. The van der Waals surface area contributed by atoms with Gasteiger partial charge in [0.15, 0.2) is 0 Å². The molecule has 0 bridgehead atoms. The molecule has 0 aliphatic heterocycles. The SMILES string of the molecule is c1ccc(-c2ccc(N(c3ccc4c5ccccc5c5ccccc5c4c3)c3cc4c(cc3-c3ccc(-c5ccc6c(ccc7cc(-c8ccc9c%10ccccc%10c%10cc(N(c%11ccc%12ccccc%12c%11)c%11cc%12c(cc%11-c%11ccc(-c%13ccc%14c(ccc%15ccccc%15%14)c%13)cc%11)-c%11ccccc%11C%12%11c%12ccccc%12-c%12ccccc%12%11)ccc%10c9c8)ccc76)c5)cc3)-c3ccccc3C43c4ccccc4-c4ccccc43)cc2)cc1. The van der Waals surface area contributed by atoms with Crippen LogP contribution >= 0.6 is 0 Å². The molecule has 2 nitrogen and oxygen atoms in total. The number of anilines is 6. The Hall–Kier alpha value is -19.4. The molecule has 0 heterocycles. The van der Waals surface area contributed by atoms with Crippen molar-refractivity contribution in [2.45, 2.75) is 10.8 Å². The van der Waals surface area contributed by atoms with E-state index in [-0.39, 0.29) is 0 Å². The van der Waals surface area contributed by atoms with Gasteiger partial charge in [-0.2, -0.15) is 0 Å². The average molecular weight is 1900 g/mol. The Morgan fingerprint density at radius 3 is 0.787 bits per heavy atom. The minimum absolute atomic E-state index is 0.587. The molecule has 4 aliphatic carbocycles. The van der Waals surface area contributed by atoms with E-state index in [9.17, 15) is 0 Å². The van der Waals surface area contributed by atoms with Gasteiger partial charge < -0.3 is 9.80 Å². The van der Waals surface area contributed by atoms with Crippen LogP contribution in [0.25, 0.3) is 230 Å². The Labute approximate surface area is 868 Å². The molecular weight excluding hydrogens is 1810 g/mol. The van der Waals surface area contributed by atoms with Crippen LogP contribution in [-0.2, 0) is 10.8 Å². The van der Waals surface area contributed by atoms with Crippen LogP contribution in [0.1, 0.15) is 44.5 Å². The van der Waals surface area contributed by atoms with Gasteiger partial charge in [0, 0.05) is 33.9 Å². The standard InChI is InChI=1S/C148H90N2/c1-2-26-91(27-3-1)93-62-69-107(70-63-93)149(109-72-78-122-117-34-9-8-32-115(117)116-33-10-12-36-119(116)133(122)85-109)145-89-143-135(128-42-18-24-48-141(128)147(143)137-44-20-14-38-124(137)125-39-15-21-45-138(125)147)87-130(145)97-54-50-95(51-55-97)101-66-75-113-105(81-101)60-61-106-82-102(67-76-114(106)113)103-68-77-121-118-35-11-13-37-120(118)134-86-110(73-79-123(134)132(121)84-103)150(108-71-64-92-28-4-5-30-99(92)83-108)146-90-144-136(129-43-19-25-49-142(129)148(144)139-46-22-16-40-126(139)127-41-17-23-47-140(127)148)88-131(146)98-56-52-94(53-57-98)100-65-74-112-104(80-100)59-58-96-29-6-7-31-111(96)112/h1-90H. The highest BCUT2D eigenvalue weighted by Gasteiger charge is 2.54. The van der Waals surface area contributed by atoms with E-state index in [1.807, 2.05) is 0 Å². The summed E-state index contributed by atoms with van der Waals surface area (Å²) in [6, 6.07) is 208. The maximum atomic E-state index is 2.60. The van der Waals surface area contributed by atoms with Crippen molar-refractivity contribution in [1.29, 1.82) is 0 Å². The van der Waals surface area contributed by atoms with Gasteiger partial charge in [0.25, 0.3) is 0 Å². The lowest BCUT2D eigenvalue weighted by molar-refractivity contribution is 0.794. The minimum Gasteiger partial charge on any atom is -0.310 e. The number of nitrogens with zero attached hydrogens (tertiary/aromatic N) is 2. The Morgan fingerprint density at radius 1 is 0.107 bits per heavy atom. The topological polar surface area (TPSA) is 6.48 Å². The highest BCUT2D eigenvalue weighted by atomic mass is 15.2. The number of fused-ring (bicyclic) bond motifs is 39. The maximum Gasteiger partial charge on any atom is 0.0726 e. The third-order valence-corrected chi connectivity index (χ3v) is 34.0. The zero-order chi connectivity index (χ0) is 98.1. The zero-order valence-electron chi connectivity index (χ0n) is 81.9. The van der Waals surface area contributed by atoms with Crippen LogP contribution in [0.3, 0.4) is 0 Å². The van der Waals surface area contributed by atoms with Gasteiger partial charge in [0.05, 0.1) is 22.2 Å². The third kappa shape index (κ3) is 12.3. The Morgan fingerprint density at radius 2 is 0.353 bits per heavy atom. The van der Waals surface area contributed by atoms with E-state index >= 15 is 0 Å². The molecule has 0 N–H and O–H groups in total. The van der Waals surface area contributed by atoms with E-state index in [4.69, 9.17) is 0 Å². The molecule has 0 aromatic heterocycles. The molecule has 2 spiro atoms. The van der Waals surface area contributed by atoms with Crippen LogP contribution in [0.4, 0.5) is 34.1 Å². The normalized spacial score (nSPS) is 13.0. The average Bonchev–Trinajstić information content (AvgIpc) is 1.51. The summed E-state index contributed by atoms with van der Waals surface area (Å²) in [4.78, 5) is 5.14. The van der Waals surface area contributed by atoms with Gasteiger partial charge in [0.1, 0.15) is 0 Å². The van der Waals surface area contributed by atoms with Crippen LogP contribution in [0, 0.1) is 0 Å². The van der Waals surface area contributed by atoms with E-state index < -0.39 is 10.8 Å². The molecule has 150 heavy (non-hydrogen) atoms. The molecule has 0 saturated heterocycles. The first kappa shape index (κ1) is 84.0. The van der Waals surface area contributed by atoms with E-state index in [1.165, 1.54) is 241 Å². The Balaban J connectivity index is 0.518. The second-order valence-corrected chi connectivity index (χ2v) is 41.4. The molecule has 2 heteroatoms. The van der Waals surface area contributed by atoms with Gasteiger partial charge in [-0.3, -0.25) is 0 Å². The lowest BCUT2D eigenvalue weighted by atomic mass is 9.70. The Bertz CT molecular complexity index is 10600. The minimum atomic E-state index is -0.597. The van der Waals surface area contributed by atoms with Crippen LogP contribution in [0.5, 0.6) is 0 Å². The summed E-state index contributed by atoms with van der Waals surface area (Å²) in [7, 11) is 0. The van der Waals surface area contributed by atoms with E-state index in [0.29, 0.717) is 0 Å². The maximum absolute atomic E-state index is 2.60.